The number of hydrogen-bond acceptors (Lipinski definition) is 12. The Bertz CT molecular complexity index is 920. The second-order valence-corrected chi connectivity index (χ2v) is 4.78. The van der Waals surface area contributed by atoms with Gasteiger partial charge in [0.15, 0.2) is 5.03 Å². The zero-order valence-electron chi connectivity index (χ0n) is 13.1. The van der Waals surface area contributed by atoms with Crippen molar-refractivity contribution in [2.24, 2.45) is 0 Å². The van der Waals surface area contributed by atoms with E-state index >= 15 is 0 Å². The fourth-order valence-corrected chi connectivity index (χ4v) is 2.07. The van der Waals surface area contributed by atoms with Crippen LogP contribution in [0.1, 0.15) is 0 Å². The fourth-order valence-electron chi connectivity index (χ4n) is 2.07. The Labute approximate surface area is 149 Å². The average Bonchev–Trinajstić information content (AvgIpc) is 3.18. The largest absolute Gasteiger partial charge is 0.462 e. The second-order valence-electron chi connectivity index (χ2n) is 4.78. The van der Waals surface area contributed by atoms with Gasteiger partial charge in [-0.25, -0.2) is 10.1 Å². The highest BCUT2D eigenvalue weighted by Crippen LogP contribution is 2.27. The number of aromatic nitrogens is 4. The summed E-state index contributed by atoms with van der Waals surface area (Å²) in [6, 6.07) is 0. The van der Waals surface area contributed by atoms with Crippen LogP contribution in [0.25, 0.3) is 0 Å². The van der Waals surface area contributed by atoms with Crippen molar-refractivity contribution in [1.29, 1.82) is 0 Å². The van der Waals surface area contributed by atoms with Crippen molar-refractivity contribution < 1.29 is 24.7 Å². The van der Waals surface area contributed by atoms with Gasteiger partial charge >= 0.3 is 23.3 Å². The summed E-state index contributed by atoms with van der Waals surface area (Å²) >= 11 is 0. The third kappa shape index (κ3) is 3.58. The number of nitrogens with zero attached hydrogens (tertiary/aromatic N) is 10. The molecule has 2 rings (SSSR count). The molecule has 0 radical (unpaired) electrons. The number of hydrazine groups is 1. The molecule has 148 valence electrons. The van der Waals surface area contributed by atoms with E-state index in [0.29, 0.717) is 21.8 Å². The summed E-state index contributed by atoms with van der Waals surface area (Å²) in [4.78, 5) is 56.4. The lowest BCUT2D eigenvalue weighted by Crippen LogP contribution is -2.34. The predicted molar refractivity (Wildman–Crippen MR) is 79.9 cm³/mol. The van der Waals surface area contributed by atoms with Crippen LogP contribution in [-0.2, 0) is 13.3 Å². The molecule has 0 N–H and O–H groups in total. The Morgan fingerprint density at radius 1 is 0.714 bits per heavy atom. The SMILES string of the molecule is O=[N+]([O-])c1ncn(CN(Cn2cnc([N+](=O)[O-])c2[N+](=O)[O-])[N+](=O)[O-])c1[N+](=O)[O-]. The molecule has 0 bridgehead atoms. The van der Waals surface area contributed by atoms with Gasteiger partial charge in [-0.15, -0.1) is 0 Å². The van der Waals surface area contributed by atoms with E-state index in [1.807, 2.05) is 0 Å². The van der Waals surface area contributed by atoms with Gasteiger partial charge in [0.25, 0.3) is 12.7 Å². The highest BCUT2D eigenvalue weighted by Gasteiger charge is 2.38. The van der Waals surface area contributed by atoms with E-state index in [-0.39, 0.29) is 5.01 Å². The molecular weight excluding hydrogens is 396 g/mol. The van der Waals surface area contributed by atoms with Crippen molar-refractivity contribution in [1.82, 2.24) is 24.1 Å². The van der Waals surface area contributed by atoms with Crippen LogP contribution in [0, 0.1) is 50.6 Å². The lowest BCUT2D eigenvalue weighted by molar-refractivity contribution is -0.671. The first-order valence-electron chi connectivity index (χ1n) is 6.61. The molecule has 0 fully saturated rings. The molecule has 0 spiro atoms. The van der Waals surface area contributed by atoms with Gasteiger partial charge in [0.1, 0.15) is 0 Å². The highest BCUT2D eigenvalue weighted by molar-refractivity contribution is 5.41. The van der Waals surface area contributed by atoms with Crippen molar-refractivity contribution in [3.63, 3.8) is 0 Å². The maximum atomic E-state index is 11.2. The van der Waals surface area contributed by atoms with E-state index in [9.17, 15) is 50.6 Å². The van der Waals surface area contributed by atoms with Gasteiger partial charge in [-0.1, -0.05) is 0 Å². The zero-order chi connectivity index (χ0) is 21.2. The molecule has 2 heterocycles. The van der Waals surface area contributed by atoms with Crippen LogP contribution in [0.3, 0.4) is 0 Å². The summed E-state index contributed by atoms with van der Waals surface area (Å²) in [5, 5.41) is 53.8. The topological polar surface area (TPSA) is 255 Å². The maximum absolute atomic E-state index is 11.2. The maximum Gasteiger partial charge on any atom is 0.462 e. The molecule has 20 nitrogen and oxygen atoms in total. The minimum atomic E-state index is -1.19. The third-order valence-corrected chi connectivity index (χ3v) is 3.14. The summed E-state index contributed by atoms with van der Waals surface area (Å²) in [6.07, 6.45) is 1.19. The smallest absolute Gasteiger partial charge is 0.358 e. The van der Waals surface area contributed by atoms with E-state index in [1.165, 1.54) is 0 Å². The molecule has 28 heavy (non-hydrogen) atoms. The summed E-state index contributed by atoms with van der Waals surface area (Å²) in [7, 11) is 0. The van der Waals surface area contributed by atoms with Crippen molar-refractivity contribution >= 4 is 23.3 Å². The molecule has 0 aromatic carbocycles. The van der Waals surface area contributed by atoms with Crippen LogP contribution < -0.4 is 0 Å². The van der Waals surface area contributed by atoms with Gasteiger partial charge in [-0.05, 0) is 24.7 Å². The van der Waals surface area contributed by atoms with Crippen molar-refractivity contribution in [2.75, 3.05) is 0 Å². The molecule has 0 saturated heterocycles. The van der Waals surface area contributed by atoms with Crippen molar-refractivity contribution in [2.45, 2.75) is 13.3 Å². The lowest BCUT2D eigenvalue weighted by Gasteiger charge is -2.10. The lowest BCUT2D eigenvalue weighted by atomic mass is 10.6. The molecule has 20 heteroatoms. The minimum absolute atomic E-state index is 0.164. The van der Waals surface area contributed by atoms with Crippen LogP contribution >= 0.6 is 0 Å². The Hall–Kier alpha value is -4.78. The first-order chi connectivity index (χ1) is 13.0. The van der Waals surface area contributed by atoms with Crippen LogP contribution in [-0.4, -0.2) is 48.8 Å². The highest BCUT2D eigenvalue weighted by atomic mass is 16.7. The quantitative estimate of drug-likeness (QED) is 0.390. The molecule has 2 aromatic heterocycles. The van der Waals surface area contributed by atoms with Gasteiger partial charge in [-0.2, -0.15) is 9.13 Å². The molecule has 0 saturated carbocycles. The Morgan fingerprint density at radius 2 is 1.07 bits per heavy atom. The normalized spacial score (nSPS) is 10.4. The molecule has 0 aliphatic heterocycles. The standard InChI is InChI=1S/C8H6N10O10/c19-14(20)5-7(16(23)24)11(1-9-5)3-13(18(27)28)4-12-2-10-6(15(21)22)8(12)17(25)26/h1-2H,3-4H2. The van der Waals surface area contributed by atoms with Gasteiger partial charge < -0.3 is 40.5 Å². The number of hydrogen-bond donors (Lipinski definition) is 0. The molecule has 0 atom stereocenters. The first kappa shape index (κ1) is 19.5. The molecule has 0 amide bonds. The second kappa shape index (κ2) is 7.22. The van der Waals surface area contributed by atoms with Crippen LogP contribution in [0.15, 0.2) is 12.7 Å². The number of imidazole rings is 2. The Morgan fingerprint density at radius 3 is 1.32 bits per heavy atom. The molecule has 2 aromatic rings. The fraction of sp³-hybridized carbons (Fsp3) is 0.250. The van der Waals surface area contributed by atoms with Crippen LogP contribution in [0.2, 0.25) is 0 Å². The molecule has 0 aliphatic carbocycles. The average molecular weight is 402 g/mol. The predicted octanol–water partition coefficient (Wildman–Crippen LogP) is -0.179. The number of nitro groups is 5. The molecule has 0 unspecified atom stereocenters. The van der Waals surface area contributed by atoms with Crippen molar-refractivity contribution in [3.8, 4) is 0 Å². The van der Waals surface area contributed by atoms with Gasteiger partial charge in [0.2, 0.25) is 13.3 Å². The Balaban J connectivity index is 2.41. The summed E-state index contributed by atoms with van der Waals surface area (Å²) in [6.45, 7) is -1.99. The van der Waals surface area contributed by atoms with Gasteiger partial charge in [0.05, 0.1) is 0 Å². The first-order valence-corrected chi connectivity index (χ1v) is 6.61. The van der Waals surface area contributed by atoms with Crippen LogP contribution in [0.4, 0.5) is 23.3 Å². The minimum Gasteiger partial charge on any atom is -0.358 e. The van der Waals surface area contributed by atoms with E-state index in [1.54, 1.807) is 0 Å². The Kier molecular flexibility index (Phi) is 5.04. The van der Waals surface area contributed by atoms with E-state index in [2.05, 4.69) is 9.97 Å². The summed E-state index contributed by atoms with van der Waals surface area (Å²) < 4.78 is 0.913. The summed E-state index contributed by atoms with van der Waals surface area (Å²) in [5.41, 5.74) is 0. The monoisotopic (exact) mass is 402 g/mol. The van der Waals surface area contributed by atoms with E-state index in [4.69, 9.17) is 0 Å². The van der Waals surface area contributed by atoms with Crippen molar-refractivity contribution in [3.05, 3.63) is 63.2 Å². The summed E-state index contributed by atoms with van der Waals surface area (Å²) in [5.74, 6) is -4.67. The van der Waals surface area contributed by atoms with Gasteiger partial charge in [0, 0.05) is 9.97 Å². The van der Waals surface area contributed by atoms with E-state index < -0.39 is 61.3 Å². The third-order valence-electron chi connectivity index (χ3n) is 3.14. The number of rotatable bonds is 9. The van der Waals surface area contributed by atoms with Crippen LogP contribution in [0.5, 0.6) is 0 Å². The zero-order valence-corrected chi connectivity index (χ0v) is 13.1. The molecular formula is C8H6N10O10. The molecule has 0 aliphatic rings. The van der Waals surface area contributed by atoms with Gasteiger partial charge in [-0.3, -0.25) is 0 Å². The van der Waals surface area contributed by atoms with E-state index in [0.717, 1.165) is 0 Å².